The minimum absolute atomic E-state index is 0.145. The number of urea groups is 1. The van der Waals surface area contributed by atoms with E-state index in [1.807, 2.05) is 20.8 Å². The third-order valence-corrected chi connectivity index (χ3v) is 9.63. The van der Waals surface area contributed by atoms with E-state index in [0.717, 1.165) is 16.7 Å². The lowest BCUT2D eigenvalue weighted by Gasteiger charge is -2.49. The van der Waals surface area contributed by atoms with Gasteiger partial charge in [-0.1, -0.05) is 26.8 Å². The molecule has 17 heteroatoms. The summed E-state index contributed by atoms with van der Waals surface area (Å²) in [5.74, 6) is -2.96. The zero-order valence-corrected chi connectivity index (χ0v) is 25.2. The Morgan fingerprint density at radius 3 is 2.62 bits per heavy atom. The number of nitrogens with one attached hydrogen (secondary N) is 3. The number of carbonyl (C=O) groups excluding carboxylic acids is 4. The van der Waals surface area contributed by atoms with Crippen molar-refractivity contribution in [2.45, 2.75) is 48.7 Å². The van der Waals surface area contributed by atoms with Crippen molar-refractivity contribution in [3.05, 3.63) is 56.7 Å². The first-order valence-corrected chi connectivity index (χ1v) is 15.5. The second kappa shape index (κ2) is 12.6. The van der Waals surface area contributed by atoms with E-state index in [1.165, 1.54) is 23.1 Å². The number of fused-ring (bicyclic) bond motifs is 1. The molecule has 2 aromatic heterocycles. The fourth-order valence-corrected chi connectivity index (χ4v) is 7.29. The van der Waals surface area contributed by atoms with Gasteiger partial charge in [-0.3, -0.25) is 19.3 Å². The van der Waals surface area contributed by atoms with E-state index in [9.17, 15) is 34.3 Å². The third kappa shape index (κ3) is 6.79. The van der Waals surface area contributed by atoms with Crippen LogP contribution >= 0.6 is 34.9 Å². The van der Waals surface area contributed by atoms with Crippen molar-refractivity contribution < 1.29 is 33.9 Å². The van der Waals surface area contributed by atoms with Crippen LogP contribution in [-0.4, -0.2) is 74.3 Å². The Bertz CT molecular complexity index is 1440. The van der Waals surface area contributed by atoms with Crippen LogP contribution < -0.4 is 26.5 Å². The molecule has 2 unspecified atom stereocenters. The zero-order valence-electron chi connectivity index (χ0n) is 22.8. The molecule has 0 saturated carbocycles. The van der Waals surface area contributed by atoms with Crippen LogP contribution in [-0.2, 0) is 24.6 Å². The van der Waals surface area contributed by atoms with Crippen LogP contribution in [0, 0.1) is 5.21 Å². The van der Waals surface area contributed by atoms with Gasteiger partial charge in [0.1, 0.15) is 28.8 Å². The monoisotopic (exact) mass is 635 g/mol. The number of hydrogen-bond donors (Lipinski definition) is 5. The van der Waals surface area contributed by atoms with E-state index < -0.39 is 53.7 Å². The smallest absolute Gasteiger partial charge is 0.352 e. The average molecular weight is 636 g/mol. The molecule has 5 amide bonds. The molecule has 4 rings (SSSR count). The number of β-lactam (4-membered cyclic amide) rings is 1. The number of aliphatic carboxylic acids is 1. The highest BCUT2D eigenvalue weighted by atomic mass is 32.2. The molecule has 0 spiro atoms. The number of primary amides is 1. The van der Waals surface area contributed by atoms with Gasteiger partial charge in [0.25, 0.3) is 10.9 Å². The highest BCUT2D eigenvalue weighted by Gasteiger charge is 2.54. The molecular weight excluding hydrogens is 607 g/mol. The van der Waals surface area contributed by atoms with Crippen LogP contribution in [0.5, 0.6) is 0 Å². The van der Waals surface area contributed by atoms with E-state index in [-0.39, 0.29) is 22.6 Å². The van der Waals surface area contributed by atoms with Crippen molar-refractivity contribution in [3.8, 4) is 0 Å². The number of nitrogens with two attached hydrogens (primary N) is 1. The van der Waals surface area contributed by atoms with Crippen LogP contribution in [0.1, 0.15) is 37.4 Å². The van der Waals surface area contributed by atoms with Crippen LogP contribution in [0.15, 0.2) is 45.9 Å². The van der Waals surface area contributed by atoms with E-state index in [1.54, 1.807) is 29.6 Å². The predicted molar refractivity (Wildman–Crippen MR) is 155 cm³/mol. The summed E-state index contributed by atoms with van der Waals surface area (Å²) in [6.45, 7) is 5.37. The van der Waals surface area contributed by atoms with Crippen molar-refractivity contribution in [2.75, 3.05) is 18.1 Å². The summed E-state index contributed by atoms with van der Waals surface area (Å²) in [4.78, 5) is 63.9. The molecule has 2 aromatic rings. The molecule has 2 aliphatic rings. The first-order chi connectivity index (χ1) is 19.8. The second-order valence-electron chi connectivity index (χ2n) is 10.4. The lowest BCUT2D eigenvalue weighted by atomic mass is 9.92. The standard InChI is InChI=1S/C25H29N7O7S3/c1-25(2,3)14-6-7-16(32(39)30-14)41-10-12-11-42-22-18(21(35)31(22)19(12)23(36)37)28-20(34)17(13-5-4-8-40-13)29-24(38)27-9-15(26)33/h4-8,17-18,22H,9-11H2,1-3H3,(H2,26,33)(H,28,34)(H,36,37)(H2,27,29,38)/t17?,18-,22?/m0/s1. The van der Waals surface area contributed by atoms with Gasteiger partial charge < -0.3 is 32.0 Å². The maximum Gasteiger partial charge on any atom is 0.352 e. The average Bonchev–Trinajstić information content (AvgIpc) is 3.46. The molecule has 2 aliphatic heterocycles. The predicted octanol–water partition coefficient (Wildman–Crippen LogP) is 0.431. The molecule has 0 bridgehead atoms. The molecule has 1 fully saturated rings. The molecule has 1 saturated heterocycles. The molecule has 6 N–H and O–H groups in total. The molecule has 0 aliphatic carbocycles. The molecule has 14 nitrogen and oxygen atoms in total. The van der Waals surface area contributed by atoms with Crippen LogP contribution in [0.25, 0.3) is 0 Å². The second-order valence-corrected chi connectivity index (χ2v) is 13.4. The van der Waals surface area contributed by atoms with Gasteiger partial charge in [0.05, 0.1) is 6.54 Å². The highest BCUT2D eigenvalue weighted by Crippen LogP contribution is 2.41. The quantitative estimate of drug-likeness (QED) is 0.105. The van der Waals surface area contributed by atoms with E-state index in [2.05, 4.69) is 21.0 Å². The number of carbonyl (C=O) groups is 5. The van der Waals surface area contributed by atoms with Gasteiger partial charge >= 0.3 is 12.0 Å². The van der Waals surface area contributed by atoms with Gasteiger partial charge in [0, 0.05) is 33.0 Å². The van der Waals surface area contributed by atoms with E-state index in [4.69, 9.17) is 5.73 Å². The number of thioether (sulfide) groups is 2. The minimum atomic E-state index is -1.30. The van der Waals surface area contributed by atoms with Gasteiger partial charge in [-0.2, -0.15) is 0 Å². The van der Waals surface area contributed by atoms with Crippen molar-refractivity contribution in [1.82, 2.24) is 25.9 Å². The largest absolute Gasteiger partial charge is 0.593 e. The van der Waals surface area contributed by atoms with Gasteiger partial charge in [-0.25, -0.2) is 9.59 Å². The summed E-state index contributed by atoms with van der Waals surface area (Å²) in [5.41, 5.74) is 5.62. The van der Waals surface area contributed by atoms with Crippen LogP contribution in [0.3, 0.4) is 0 Å². The Hall–Kier alpha value is -3.83. The van der Waals surface area contributed by atoms with E-state index in [0.29, 0.717) is 26.0 Å². The van der Waals surface area contributed by atoms with Crippen molar-refractivity contribution in [2.24, 2.45) is 5.73 Å². The molecule has 0 radical (unpaired) electrons. The number of aromatic nitrogens is 2. The van der Waals surface area contributed by atoms with E-state index >= 15 is 0 Å². The first-order valence-electron chi connectivity index (χ1n) is 12.6. The lowest BCUT2D eigenvalue weighted by molar-refractivity contribution is -0.707. The lowest BCUT2D eigenvalue weighted by Crippen LogP contribution is -2.71. The Balaban J connectivity index is 1.46. The SMILES string of the molecule is CC(C)(C)c1ccc(SCC2=C(C(=O)O)N3C(=O)[C@H](NC(=O)C(NC(=O)NCC(N)=O)c4cccs4)C3SC2)[n+]([O-])n1. The maximum absolute atomic E-state index is 13.2. The van der Waals surface area contributed by atoms with Gasteiger partial charge in [0.15, 0.2) is 0 Å². The topological polar surface area (TPSA) is 211 Å². The Morgan fingerprint density at radius 2 is 2.02 bits per heavy atom. The first kappa shape index (κ1) is 31.1. The Kier molecular flexibility index (Phi) is 9.32. The third-order valence-electron chi connectivity index (χ3n) is 6.27. The summed E-state index contributed by atoms with van der Waals surface area (Å²) in [6.07, 6.45) is 0. The molecular formula is C25H29N7O7S3. The summed E-state index contributed by atoms with van der Waals surface area (Å²) in [7, 11) is 0. The summed E-state index contributed by atoms with van der Waals surface area (Å²) < 4.78 is 0. The minimum Gasteiger partial charge on any atom is -0.593 e. The van der Waals surface area contributed by atoms with Crippen LogP contribution in [0.4, 0.5) is 4.79 Å². The zero-order chi connectivity index (χ0) is 30.8. The normalized spacial score (nSPS) is 18.9. The highest BCUT2D eigenvalue weighted by molar-refractivity contribution is 8.01. The summed E-state index contributed by atoms with van der Waals surface area (Å²) in [5, 5.41) is 35.2. The Labute approximate surface area is 253 Å². The molecule has 3 atom stereocenters. The number of carboxylic acid groups (broad SMARTS) is 1. The number of amides is 5. The molecule has 42 heavy (non-hydrogen) atoms. The number of carboxylic acids is 1. The van der Waals surface area contributed by atoms with Crippen LogP contribution in [0.2, 0.25) is 0 Å². The summed E-state index contributed by atoms with van der Waals surface area (Å²) >= 11 is 3.60. The summed E-state index contributed by atoms with van der Waals surface area (Å²) in [6, 6.07) is 3.69. The van der Waals surface area contributed by atoms with Gasteiger partial charge in [-0.15, -0.1) is 23.1 Å². The van der Waals surface area contributed by atoms with Crippen molar-refractivity contribution >= 4 is 64.6 Å². The molecule has 0 aromatic carbocycles. The Morgan fingerprint density at radius 1 is 1.29 bits per heavy atom. The van der Waals surface area contributed by atoms with Crippen molar-refractivity contribution in [1.29, 1.82) is 0 Å². The molecule has 224 valence electrons. The number of hydrogen-bond acceptors (Lipinski definition) is 10. The fourth-order valence-electron chi connectivity index (χ4n) is 4.16. The maximum atomic E-state index is 13.2. The molecule has 4 heterocycles. The van der Waals surface area contributed by atoms with Gasteiger partial charge in [-0.05, 0) is 39.7 Å². The number of thiophene rings is 1. The number of nitrogens with zero attached hydrogens (tertiary/aromatic N) is 3. The van der Waals surface area contributed by atoms with Gasteiger partial charge in [0.2, 0.25) is 11.8 Å². The van der Waals surface area contributed by atoms with Crippen molar-refractivity contribution in [3.63, 3.8) is 0 Å². The number of rotatable bonds is 10. The fraction of sp³-hybridized carbons (Fsp3) is 0.400.